The molecule has 0 fully saturated rings. The molecular formula is C14H21NOS. The normalized spacial score (nSPS) is 12.5. The van der Waals surface area contributed by atoms with Crippen molar-refractivity contribution >= 4 is 18.5 Å². The van der Waals surface area contributed by atoms with Crippen LogP contribution in [0.2, 0.25) is 0 Å². The predicted molar refractivity (Wildman–Crippen MR) is 75.4 cm³/mol. The summed E-state index contributed by atoms with van der Waals surface area (Å²) in [5.41, 5.74) is 1.15. The molecule has 3 heteroatoms. The predicted octanol–water partition coefficient (Wildman–Crippen LogP) is 2.78. The van der Waals surface area contributed by atoms with E-state index in [0.29, 0.717) is 6.42 Å². The van der Waals surface area contributed by atoms with Crippen LogP contribution in [0.25, 0.3) is 0 Å². The number of thiol groups is 1. The van der Waals surface area contributed by atoms with E-state index in [-0.39, 0.29) is 17.2 Å². The molecule has 0 N–H and O–H groups in total. The Balaban J connectivity index is 2.64. The summed E-state index contributed by atoms with van der Waals surface area (Å²) in [5.74, 6) is 0.120. The molecule has 0 radical (unpaired) electrons. The number of nitrogens with zero attached hydrogens (tertiary/aromatic N) is 1. The van der Waals surface area contributed by atoms with Crippen molar-refractivity contribution in [2.75, 3.05) is 6.54 Å². The summed E-state index contributed by atoms with van der Waals surface area (Å²) in [4.78, 5) is 14.0. The van der Waals surface area contributed by atoms with Crippen LogP contribution in [0.4, 0.5) is 0 Å². The molecule has 0 aromatic heterocycles. The highest BCUT2D eigenvalue weighted by molar-refractivity contribution is 7.81. The van der Waals surface area contributed by atoms with Gasteiger partial charge in [0.15, 0.2) is 0 Å². The van der Waals surface area contributed by atoms with E-state index >= 15 is 0 Å². The van der Waals surface area contributed by atoms with Crippen LogP contribution in [-0.2, 0) is 11.2 Å². The van der Waals surface area contributed by atoms with Crippen molar-refractivity contribution in [2.45, 2.75) is 38.5 Å². The Morgan fingerprint density at radius 2 is 1.88 bits per heavy atom. The molecule has 0 bridgehead atoms. The number of hydrogen-bond donors (Lipinski definition) is 1. The van der Waals surface area contributed by atoms with Crippen LogP contribution in [0.15, 0.2) is 30.3 Å². The second kappa shape index (κ2) is 6.70. The molecule has 0 aliphatic carbocycles. The van der Waals surface area contributed by atoms with Gasteiger partial charge in [0.1, 0.15) is 0 Å². The van der Waals surface area contributed by atoms with Gasteiger partial charge in [0, 0.05) is 12.6 Å². The van der Waals surface area contributed by atoms with E-state index in [1.54, 1.807) is 0 Å². The lowest BCUT2D eigenvalue weighted by Gasteiger charge is -2.27. The summed E-state index contributed by atoms with van der Waals surface area (Å²) < 4.78 is 0. The lowest BCUT2D eigenvalue weighted by molar-refractivity contribution is -0.132. The van der Waals surface area contributed by atoms with Crippen LogP contribution >= 0.6 is 12.6 Å². The molecule has 1 atom stereocenters. The minimum absolute atomic E-state index is 0.120. The van der Waals surface area contributed by atoms with Crippen molar-refractivity contribution in [3.63, 3.8) is 0 Å². The van der Waals surface area contributed by atoms with E-state index in [1.807, 2.05) is 56.0 Å². The van der Waals surface area contributed by atoms with Gasteiger partial charge in [-0.1, -0.05) is 30.3 Å². The monoisotopic (exact) mass is 251 g/mol. The van der Waals surface area contributed by atoms with Crippen molar-refractivity contribution < 1.29 is 4.79 Å². The minimum atomic E-state index is -0.250. The molecule has 17 heavy (non-hydrogen) atoms. The van der Waals surface area contributed by atoms with Gasteiger partial charge < -0.3 is 4.90 Å². The van der Waals surface area contributed by atoms with E-state index in [4.69, 9.17) is 0 Å². The average molecular weight is 251 g/mol. The molecule has 0 saturated carbocycles. The molecule has 0 heterocycles. The van der Waals surface area contributed by atoms with Crippen molar-refractivity contribution in [2.24, 2.45) is 0 Å². The topological polar surface area (TPSA) is 20.3 Å². The van der Waals surface area contributed by atoms with E-state index in [2.05, 4.69) is 12.6 Å². The third-order valence-corrected chi connectivity index (χ3v) is 3.21. The van der Waals surface area contributed by atoms with Crippen LogP contribution in [0.5, 0.6) is 0 Å². The van der Waals surface area contributed by atoms with Crippen LogP contribution in [-0.4, -0.2) is 28.6 Å². The van der Waals surface area contributed by atoms with Gasteiger partial charge in [-0.15, -0.1) is 0 Å². The molecule has 1 aromatic carbocycles. The van der Waals surface area contributed by atoms with Gasteiger partial charge in [-0.2, -0.15) is 12.6 Å². The first-order valence-corrected chi connectivity index (χ1v) is 6.60. The van der Waals surface area contributed by atoms with E-state index in [1.165, 1.54) is 0 Å². The van der Waals surface area contributed by atoms with E-state index in [0.717, 1.165) is 12.1 Å². The second-order valence-electron chi connectivity index (χ2n) is 4.42. The molecular weight excluding hydrogens is 230 g/mol. The van der Waals surface area contributed by atoms with Gasteiger partial charge in [0.05, 0.1) is 5.25 Å². The van der Waals surface area contributed by atoms with Crippen molar-refractivity contribution in [1.29, 1.82) is 0 Å². The van der Waals surface area contributed by atoms with Gasteiger partial charge in [0.25, 0.3) is 0 Å². The van der Waals surface area contributed by atoms with Gasteiger partial charge in [-0.05, 0) is 32.8 Å². The standard InChI is InChI=1S/C14H21NOS/c1-4-15(11(2)3)14(16)13(17)10-12-8-6-5-7-9-12/h5-9,11,13,17H,4,10H2,1-3H3. The molecule has 2 nitrogen and oxygen atoms in total. The molecule has 0 spiro atoms. The zero-order chi connectivity index (χ0) is 12.8. The number of carbonyl (C=O) groups excluding carboxylic acids is 1. The Bertz CT molecular complexity index is 350. The van der Waals surface area contributed by atoms with E-state index < -0.39 is 0 Å². The third kappa shape index (κ3) is 4.08. The summed E-state index contributed by atoms with van der Waals surface area (Å²) in [6.07, 6.45) is 0.687. The fourth-order valence-electron chi connectivity index (χ4n) is 1.89. The maximum absolute atomic E-state index is 12.2. The zero-order valence-corrected chi connectivity index (χ0v) is 11.7. The van der Waals surface area contributed by atoms with Gasteiger partial charge in [-0.25, -0.2) is 0 Å². The lowest BCUT2D eigenvalue weighted by atomic mass is 10.1. The fourth-order valence-corrected chi connectivity index (χ4v) is 2.25. The molecule has 1 aromatic rings. The number of rotatable bonds is 5. The summed E-state index contributed by atoms with van der Waals surface area (Å²) in [7, 11) is 0. The molecule has 0 aliphatic heterocycles. The Labute approximate surface area is 109 Å². The zero-order valence-electron chi connectivity index (χ0n) is 10.8. The summed E-state index contributed by atoms with van der Waals surface area (Å²) in [6.45, 7) is 6.80. The van der Waals surface area contributed by atoms with Crippen molar-refractivity contribution in [3.8, 4) is 0 Å². The van der Waals surface area contributed by atoms with Crippen molar-refractivity contribution in [3.05, 3.63) is 35.9 Å². The van der Waals surface area contributed by atoms with Crippen LogP contribution in [0, 0.1) is 0 Å². The summed E-state index contributed by atoms with van der Waals surface area (Å²) in [6, 6.07) is 10.2. The van der Waals surface area contributed by atoms with Crippen LogP contribution in [0.1, 0.15) is 26.3 Å². The summed E-state index contributed by atoms with van der Waals surface area (Å²) in [5, 5.41) is -0.250. The number of hydrogen-bond acceptors (Lipinski definition) is 2. The Hall–Kier alpha value is -0.960. The SMILES string of the molecule is CCN(C(=O)C(S)Cc1ccccc1)C(C)C. The molecule has 0 saturated heterocycles. The van der Waals surface area contributed by atoms with Crippen LogP contribution < -0.4 is 0 Å². The van der Waals surface area contributed by atoms with Gasteiger partial charge in [-0.3, -0.25) is 4.79 Å². The first-order valence-electron chi connectivity index (χ1n) is 6.08. The Morgan fingerprint density at radius 3 is 2.35 bits per heavy atom. The smallest absolute Gasteiger partial charge is 0.235 e. The first-order chi connectivity index (χ1) is 8.06. The average Bonchev–Trinajstić information content (AvgIpc) is 2.30. The molecule has 1 amide bonds. The highest BCUT2D eigenvalue weighted by atomic mass is 32.1. The number of amides is 1. The lowest BCUT2D eigenvalue weighted by Crippen LogP contribution is -2.42. The Kier molecular flexibility index (Phi) is 5.56. The molecule has 0 aliphatic rings. The maximum atomic E-state index is 12.2. The first kappa shape index (κ1) is 14.1. The highest BCUT2D eigenvalue weighted by Gasteiger charge is 2.22. The molecule has 94 valence electrons. The Morgan fingerprint density at radius 1 is 1.29 bits per heavy atom. The quantitative estimate of drug-likeness (QED) is 0.798. The van der Waals surface area contributed by atoms with Gasteiger partial charge >= 0.3 is 0 Å². The van der Waals surface area contributed by atoms with Crippen molar-refractivity contribution in [1.82, 2.24) is 4.90 Å². The third-order valence-electron chi connectivity index (χ3n) is 2.80. The minimum Gasteiger partial charge on any atom is -0.340 e. The largest absolute Gasteiger partial charge is 0.340 e. The van der Waals surface area contributed by atoms with E-state index in [9.17, 15) is 4.79 Å². The molecule has 1 rings (SSSR count). The molecule has 1 unspecified atom stereocenters. The van der Waals surface area contributed by atoms with Gasteiger partial charge in [0.2, 0.25) is 5.91 Å². The summed E-state index contributed by atoms with van der Waals surface area (Å²) >= 11 is 4.43. The second-order valence-corrected chi connectivity index (χ2v) is 5.05. The fraction of sp³-hybridized carbons (Fsp3) is 0.500. The van der Waals surface area contributed by atoms with Crippen LogP contribution in [0.3, 0.4) is 0 Å². The number of carbonyl (C=O) groups is 1. The number of benzene rings is 1. The maximum Gasteiger partial charge on any atom is 0.235 e. The highest BCUT2D eigenvalue weighted by Crippen LogP contribution is 2.12.